The maximum absolute atomic E-state index is 13.5. The molecule has 0 spiro atoms. The summed E-state index contributed by atoms with van der Waals surface area (Å²) in [5.41, 5.74) is -0.209. The molecule has 0 saturated carbocycles. The molecule has 2 rings (SSSR count). The molecule has 0 aliphatic carbocycles. The SMILES string of the molecule is CCN1C(C(=O)NCc2ccc(F)c(F)c2F)CCCS1(=O)=O. The van der Waals surface area contributed by atoms with Crippen LogP contribution in [0.5, 0.6) is 0 Å². The molecule has 1 unspecified atom stereocenters. The third kappa shape index (κ3) is 3.66. The van der Waals surface area contributed by atoms with Crippen LogP contribution in [0.15, 0.2) is 12.1 Å². The Hall–Kier alpha value is -1.61. The van der Waals surface area contributed by atoms with Gasteiger partial charge in [0.05, 0.1) is 5.75 Å². The van der Waals surface area contributed by atoms with Crippen LogP contribution < -0.4 is 5.32 Å². The lowest BCUT2D eigenvalue weighted by atomic mass is 10.1. The number of hydrogen-bond donors (Lipinski definition) is 1. The highest BCUT2D eigenvalue weighted by Crippen LogP contribution is 2.21. The first-order chi connectivity index (χ1) is 10.8. The van der Waals surface area contributed by atoms with Gasteiger partial charge in [0.2, 0.25) is 15.9 Å². The lowest BCUT2D eigenvalue weighted by Gasteiger charge is -2.32. The monoisotopic (exact) mass is 350 g/mol. The summed E-state index contributed by atoms with van der Waals surface area (Å²) in [5.74, 6) is -4.88. The maximum Gasteiger partial charge on any atom is 0.238 e. The number of benzene rings is 1. The number of nitrogens with one attached hydrogen (secondary N) is 1. The van der Waals surface area contributed by atoms with E-state index in [0.717, 1.165) is 16.4 Å². The van der Waals surface area contributed by atoms with Crippen molar-refractivity contribution in [2.45, 2.75) is 32.4 Å². The topological polar surface area (TPSA) is 66.5 Å². The molecule has 1 fully saturated rings. The highest BCUT2D eigenvalue weighted by atomic mass is 32.2. The molecule has 23 heavy (non-hydrogen) atoms. The fourth-order valence-corrected chi connectivity index (χ4v) is 4.34. The van der Waals surface area contributed by atoms with E-state index in [4.69, 9.17) is 0 Å². The number of hydrogen-bond acceptors (Lipinski definition) is 3. The van der Waals surface area contributed by atoms with E-state index in [-0.39, 0.29) is 24.4 Å². The van der Waals surface area contributed by atoms with Gasteiger partial charge in [-0.1, -0.05) is 13.0 Å². The van der Waals surface area contributed by atoms with Crippen molar-refractivity contribution >= 4 is 15.9 Å². The number of sulfonamides is 1. The van der Waals surface area contributed by atoms with Gasteiger partial charge >= 0.3 is 0 Å². The van der Waals surface area contributed by atoms with Gasteiger partial charge in [0.25, 0.3) is 0 Å². The Morgan fingerprint density at radius 2 is 2.00 bits per heavy atom. The number of carbonyl (C=O) groups excluding carboxylic acids is 1. The summed E-state index contributed by atoms with van der Waals surface area (Å²) in [5, 5.41) is 2.38. The molecule has 5 nitrogen and oxygen atoms in total. The minimum atomic E-state index is -3.48. The fraction of sp³-hybridized carbons (Fsp3) is 0.500. The lowest BCUT2D eigenvalue weighted by Crippen LogP contribution is -2.52. The Morgan fingerprint density at radius 1 is 1.30 bits per heavy atom. The summed E-state index contributed by atoms with van der Waals surface area (Å²) in [7, 11) is -3.48. The normalized spacial score (nSPS) is 21.1. The molecule has 1 aliphatic heterocycles. The van der Waals surface area contributed by atoms with Crippen LogP contribution in [-0.2, 0) is 21.4 Å². The summed E-state index contributed by atoms with van der Waals surface area (Å²) in [6.07, 6.45) is 0.718. The average molecular weight is 350 g/mol. The second-order valence-corrected chi connectivity index (χ2v) is 7.27. The molecule has 1 heterocycles. The molecule has 1 atom stereocenters. The van der Waals surface area contributed by atoms with E-state index in [1.54, 1.807) is 6.92 Å². The van der Waals surface area contributed by atoms with Crippen LogP contribution in [0.3, 0.4) is 0 Å². The van der Waals surface area contributed by atoms with Crippen LogP contribution in [0.2, 0.25) is 0 Å². The Labute approximate surface area is 132 Å². The first-order valence-corrected chi connectivity index (χ1v) is 8.78. The van der Waals surface area contributed by atoms with E-state index in [1.165, 1.54) is 0 Å². The summed E-state index contributed by atoms with van der Waals surface area (Å²) < 4.78 is 64.5. The van der Waals surface area contributed by atoms with Gasteiger partial charge in [-0.05, 0) is 18.9 Å². The van der Waals surface area contributed by atoms with Crippen molar-refractivity contribution in [3.05, 3.63) is 35.1 Å². The van der Waals surface area contributed by atoms with Crippen molar-refractivity contribution < 1.29 is 26.4 Å². The largest absolute Gasteiger partial charge is 0.351 e. The Balaban J connectivity index is 2.09. The predicted molar refractivity (Wildman–Crippen MR) is 77.4 cm³/mol. The van der Waals surface area contributed by atoms with Gasteiger partial charge < -0.3 is 5.32 Å². The first-order valence-electron chi connectivity index (χ1n) is 7.17. The lowest BCUT2D eigenvalue weighted by molar-refractivity contribution is -0.125. The van der Waals surface area contributed by atoms with Gasteiger partial charge in [-0.15, -0.1) is 0 Å². The van der Waals surface area contributed by atoms with E-state index in [2.05, 4.69) is 5.32 Å². The van der Waals surface area contributed by atoms with Crippen molar-refractivity contribution in [1.29, 1.82) is 0 Å². The third-order valence-corrected chi connectivity index (χ3v) is 5.80. The van der Waals surface area contributed by atoms with Crippen molar-refractivity contribution in [1.82, 2.24) is 9.62 Å². The van der Waals surface area contributed by atoms with Gasteiger partial charge in [0, 0.05) is 18.7 Å². The van der Waals surface area contributed by atoms with Crippen molar-refractivity contribution in [3.8, 4) is 0 Å². The summed E-state index contributed by atoms with van der Waals surface area (Å²) in [6, 6.07) is 0.930. The number of carbonyl (C=O) groups is 1. The fourth-order valence-electron chi connectivity index (χ4n) is 2.60. The molecule has 0 radical (unpaired) electrons. The highest BCUT2D eigenvalue weighted by Gasteiger charge is 2.37. The minimum absolute atomic E-state index is 0.0115. The van der Waals surface area contributed by atoms with Crippen LogP contribution in [0.1, 0.15) is 25.3 Å². The zero-order valence-corrected chi connectivity index (χ0v) is 13.3. The van der Waals surface area contributed by atoms with E-state index >= 15 is 0 Å². The number of rotatable bonds is 4. The van der Waals surface area contributed by atoms with Gasteiger partial charge in [-0.3, -0.25) is 4.79 Å². The van der Waals surface area contributed by atoms with Crippen LogP contribution in [-0.4, -0.2) is 37.0 Å². The van der Waals surface area contributed by atoms with Gasteiger partial charge in [-0.2, -0.15) is 4.31 Å². The zero-order valence-electron chi connectivity index (χ0n) is 12.5. The van der Waals surface area contributed by atoms with E-state index in [0.29, 0.717) is 12.8 Å². The van der Waals surface area contributed by atoms with Gasteiger partial charge in [0.1, 0.15) is 6.04 Å². The highest BCUT2D eigenvalue weighted by molar-refractivity contribution is 7.89. The summed E-state index contributed by atoms with van der Waals surface area (Å²) in [6.45, 7) is 1.42. The number of halogens is 3. The Bertz CT molecular complexity index is 709. The molecule has 1 N–H and O–H groups in total. The van der Waals surface area contributed by atoms with Crippen molar-refractivity contribution in [3.63, 3.8) is 0 Å². The zero-order chi connectivity index (χ0) is 17.2. The minimum Gasteiger partial charge on any atom is -0.351 e. The third-order valence-electron chi connectivity index (χ3n) is 3.77. The van der Waals surface area contributed by atoms with Crippen molar-refractivity contribution in [2.75, 3.05) is 12.3 Å². The van der Waals surface area contributed by atoms with Crippen molar-refractivity contribution in [2.24, 2.45) is 0 Å². The van der Waals surface area contributed by atoms with Gasteiger partial charge in [0.15, 0.2) is 17.5 Å². The van der Waals surface area contributed by atoms with E-state index in [9.17, 15) is 26.4 Å². The molecule has 0 bridgehead atoms. The predicted octanol–water partition coefficient (Wildman–Crippen LogP) is 1.53. The summed E-state index contributed by atoms with van der Waals surface area (Å²) >= 11 is 0. The second kappa shape index (κ2) is 6.88. The quantitative estimate of drug-likeness (QED) is 0.838. The van der Waals surface area contributed by atoms with E-state index < -0.39 is 39.4 Å². The summed E-state index contributed by atoms with van der Waals surface area (Å²) in [4.78, 5) is 12.2. The molecule has 1 aromatic carbocycles. The molecule has 1 saturated heterocycles. The molecule has 1 aliphatic rings. The second-order valence-electron chi connectivity index (χ2n) is 5.23. The van der Waals surface area contributed by atoms with Crippen LogP contribution >= 0.6 is 0 Å². The van der Waals surface area contributed by atoms with Crippen LogP contribution in [0.25, 0.3) is 0 Å². The molecule has 9 heteroatoms. The number of likely N-dealkylation sites (N-methyl/N-ethyl adjacent to an activating group) is 1. The maximum atomic E-state index is 13.5. The Morgan fingerprint density at radius 3 is 2.65 bits per heavy atom. The number of amides is 1. The molecule has 1 amide bonds. The van der Waals surface area contributed by atoms with Crippen LogP contribution in [0.4, 0.5) is 13.2 Å². The van der Waals surface area contributed by atoms with E-state index in [1.807, 2.05) is 0 Å². The first kappa shape index (κ1) is 17.7. The Kier molecular flexibility index (Phi) is 5.30. The smallest absolute Gasteiger partial charge is 0.238 e. The standard InChI is InChI=1S/C14H17F3N2O3S/c1-2-19-11(4-3-7-23(19,21)22)14(20)18-8-9-5-6-10(15)13(17)12(9)16/h5-6,11H,2-4,7-8H2,1H3,(H,18,20). The molecular weight excluding hydrogens is 333 g/mol. The van der Waals surface area contributed by atoms with Crippen LogP contribution in [0, 0.1) is 17.5 Å². The molecule has 1 aromatic rings. The number of nitrogens with zero attached hydrogens (tertiary/aromatic N) is 1. The molecular formula is C14H17F3N2O3S. The van der Waals surface area contributed by atoms with Gasteiger partial charge in [-0.25, -0.2) is 21.6 Å². The average Bonchev–Trinajstić information content (AvgIpc) is 2.50. The molecule has 128 valence electrons. The molecule has 0 aromatic heterocycles.